The molecule has 0 fully saturated rings. The van der Waals surface area contributed by atoms with Crippen molar-refractivity contribution in [2.75, 3.05) is 60.7 Å². The van der Waals surface area contributed by atoms with Gasteiger partial charge in [-0.25, -0.2) is 0 Å². The highest BCUT2D eigenvalue weighted by atomic mass is 31.2. The summed E-state index contributed by atoms with van der Waals surface area (Å²) < 4.78 is 33.9. The number of phosphoric ester groups is 1. The van der Waals surface area contributed by atoms with E-state index < -0.39 is 19.9 Å². The van der Waals surface area contributed by atoms with Crippen molar-refractivity contribution in [3.63, 3.8) is 0 Å². The van der Waals surface area contributed by atoms with Crippen molar-refractivity contribution in [1.82, 2.24) is 0 Å². The average Bonchev–Trinajstić information content (AvgIpc) is 2.83. The normalized spacial score (nSPS) is 14.4. The topological polar surface area (TPSA) is 114 Å². The maximum absolute atomic E-state index is 12.1. The van der Waals surface area contributed by atoms with Gasteiger partial charge < -0.3 is 33.0 Å². The quantitative estimate of drug-likeness (QED) is 0.0671. The standard InChI is InChI=1S/C28H58NO8P/c1-5-6-7-8-9-10-11-12-13-14-15-16-17-18-22-34-25-27(35-23-19-20-28(30)31)26-37-38(32,33)36-24-21-29(2,3)4/h27H,5-26H2,1-4H3,(H-,30,31,32,33). The molecule has 38 heavy (non-hydrogen) atoms. The van der Waals surface area contributed by atoms with Crippen molar-refractivity contribution in [2.45, 2.75) is 116 Å². The molecular weight excluding hydrogens is 509 g/mol. The molecule has 0 aliphatic heterocycles. The van der Waals surface area contributed by atoms with E-state index in [1.165, 1.54) is 77.0 Å². The number of ether oxygens (including phenoxy) is 2. The Morgan fingerprint density at radius 1 is 0.763 bits per heavy atom. The second-order valence-corrected chi connectivity index (χ2v) is 12.7. The Labute approximate surface area is 232 Å². The fraction of sp³-hybridized carbons (Fsp3) is 0.964. The molecule has 1 N–H and O–H groups in total. The van der Waals surface area contributed by atoms with Gasteiger partial charge in [0.15, 0.2) is 0 Å². The maximum Gasteiger partial charge on any atom is 0.303 e. The first-order chi connectivity index (χ1) is 18.1. The summed E-state index contributed by atoms with van der Waals surface area (Å²) in [5.74, 6) is -0.898. The zero-order valence-electron chi connectivity index (χ0n) is 24.8. The van der Waals surface area contributed by atoms with Crippen molar-refractivity contribution < 1.29 is 42.4 Å². The minimum atomic E-state index is -4.45. The summed E-state index contributed by atoms with van der Waals surface area (Å²) in [5.41, 5.74) is 0. The molecule has 0 aromatic rings. The molecule has 2 atom stereocenters. The van der Waals surface area contributed by atoms with Crippen LogP contribution in [0.5, 0.6) is 0 Å². The molecule has 0 rings (SSSR count). The second kappa shape index (κ2) is 24.3. The van der Waals surface area contributed by atoms with Crippen molar-refractivity contribution >= 4 is 13.8 Å². The van der Waals surface area contributed by atoms with E-state index in [0.29, 0.717) is 24.1 Å². The smallest absolute Gasteiger partial charge is 0.303 e. The Morgan fingerprint density at radius 3 is 1.79 bits per heavy atom. The number of unbranched alkanes of at least 4 members (excludes halogenated alkanes) is 13. The minimum Gasteiger partial charge on any atom is -0.756 e. The number of likely N-dealkylation sites (N-methyl/N-ethyl adjacent to an activating group) is 1. The first kappa shape index (κ1) is 37.5. The largest absolute Gasteiger partial charge is 0.756 e. The molecule has 0 aliphatic carbocycles. The summed E-state index contributed by atoms with van der Waals surface area (Å²) in [6.07, 6.45) is 17.8. The first-order valence-electron chi connectivity index (χ1n) is 14.9. The third kappa shape index (κ3) is 28.5. The molecule has 0 aromatic heterocycles. The Balaban J connectivity index is 3.98. The van der Waals surface area contributed by atoms with E-state index in [1.807, 2.05) is 21.1 Å². The van der Waals surface area contributed by atoms with Crippen LogP contribution in [0.1, 0.15) is 110 Å². The molecule has 10 heteroatoms. The monoisotopic (exact) mass is 567 g/mol. The zero-order valence-corrected chi connectivity index (χ0v) is 25.7. The van der Waals surface area contributed by atoms with Crippen LogP contribution in [0.4, 0.5) is 0 Å². The lowest BCUT2D eigenvalue weighted by atomic mass is 10.0. The highest BCUT2D eigenvalue weighted by molar-refractivity contribution is 7.45. The van der Waals surface area contributed by atoms with Gasteiger partial charge in [-0.15, -0.1) is 0 Å². The van der Waals surface area contributed by atoms with Gasteiger partial charge in [-0.3, -0.25) is 9.36 Å². The lowest BCUT2D eigenvalue weighted by Crippen LogP contribution is -2.37. The lowest BCUT2D eigenvalue weighted by Gasteiger charge is -2.28. The van der Waals surface area contributed by atoms with Crippen molar-refractivity contribution in [1.29, 1.82) is 0 Å². The van der Waals surface area contributed by atoms with Gasteiger partial charge in [0.2, 0.25) is 0 Å². The minimum absolute atomic E-state index is 0.0122. The Bertz CT molecular complexity index is 600. The van der Waals surface area contributed by atoms with Gasteiger partial charge in [0.1, 0.15) is 19.3 Å². The lowest BCUT2D eigenvalue weighted by molar-refractivity contribution is -0.870. The van der Waals surface area contributed by atoms with Gasteiger partial charge in [-0.05, 0) is 12.8 Å². The molecule has 0 saturated carbocycles. The summed E-state index contributed by atoms with van der Waals surface area (Å²) in [6, 6.07) is 0. The number of hydrogen-bond acceptors (Lipinski definition) is 7. The number of carboxylic acids is 1. The van der Waals surface area contributed by atoms with Gasteiger partial charge in [0.05, 0.1) is 34.4 Å². The molecule has 0 aliphatic rings. The molecule has 0 heterocycles. The van der Waals surface area contributed by atoms with Crippen molar-refractivity contribution in [2.24, 2.45) is 0 Å². The third-order valence-electron chi connectivity index (χ3n) is 6.26. The van der Waals surface area contributed by atoms with Crippen LogP contribution >= 0.6 is 7.82 Å². The summed E-state index contributed by atoms with van der Waals surface area (Å²) in [5, 5.41) is 8.79. The van der Waals surface area contributed by atoms with Gasteiger partial charge >= 0.3 is 5.97 Å². The van der Waals surface area contributed by atoms with Gasteiger partial charge in [0, 0.05) is 19.6 Å². The van der Waals surface area contributed by atoms with E-state index in [2.05, 4.69) is 6.92 Å². The van der Waals surface area contributed by atoms with E-state index in [4.69, 9.17) is 23.6 Å². The van der Waals surface area contributed by atoms with Crippen LogP contribution in [0.15, 0.2) is 0 Å². The zero-order chi connectivity index (χ0) is 28.5. The summed E-state index contributed by atoms with van der Waals surface area (Å²) in [6.45, 7) is 3.53. The summed E-state index contributed by atoms with van der Waals surface area (Å²) in [4.78, 5) is 22.8. The van der Waals surface area contributed by atoms with Crippen LogP contribution in [0, 0.1) is 0 Å². The van der Waals surface area contributed by atoms with E-state index in [1.54, 1.807) is 0 Å². The molecule has 0 saturated heterocycles. The van der Waals surface area contributed by atoms with Crippen LogP contribution < -0.4 is 4.89 Å². The Hall–Kier alpha value is -0.540. The Morgan fingerprint density at radius 2 is 1.29 bits per heavy atom. The number of hydrogen-bond donors (Lipinski definition) is 1. The number of rotatable bonds is 29. The SMILES string of the molecule is CCCCCCCCCCCCCCCCOCC(COP(=O)([O-])OCC[N+](C)(C)C)OCCCC(=O)O. The number of quaternary nitrogens is 1. The van der Waals surface area contributed by atoms with E-state index >= 15 is 0 Å². The molecule has 0 aromatic carbocycles. The fourth-order valence-electron chi connectivity index (χ4n) is 3.87. The molecule has 9 nitrogen and oxygen atoms in total. The van der Waals surface area contributed by atoms with Gasteiger partial charge in [-0.1, -0.05) is 90.4 Å². The average molecular weight is 568 g/mol. The van der Waals surface area contributed by atoms with E-state index in [0.717, 1.165) is 12.8 Å². The Kier molecular flexibility index (Phi) is 23.9. The van der Waals surface area contributed by atoms with E-state index in [-0.39, 0.29) is 32.8 Å². The predicted octanol–water partition coefficient (Wildman–Crippen LogP) is 5.94. The molecule has 0 radical (unpaired) electrons. The number of aliphatic carboxylic acids is 1. The maximum atomic E-state index is 12.1. The van der Waals surface area contributed by atoms with Crippen molar-refractivity contribution in [3.8, 4) is 0 Å². The number of nitrogens with zero attached hydrogens (tertiary/aromatic N) is 1. The molecule has 2 unspecified atom stereocenters. The molecule has 0 amide bonds. The third-order valence-corrected chi connectivity index (χ3v) is 7.23. The number of carbonyl (C=O) groups is 1. The number of phosphoric acid groups is 1. The molecule has 228 valence electrons. The number of carboxylic acid groups (broad SMARTS) is 1. The van der Waals surface area contributed by atoms with Crippen LogP contribution in [-0.2, 0) is 27.9 Å². The fourth-order valence-corrected chi connectivity index (χ4v) is 4.60. The van der Waals surface area contributed by atoms with Gasteiger partial charge in [0.25, 0.3) is 7.82 Å². The second-order valence-electron chi connectivity index (χ2n) is 11.3. The highest BCUT2D eigenvalue weighted by Gasteiger charge is 2.18. The van der Waals surface area contributed by atoms with E-state index in [9.17, 15) is 14.3 Å². The van der Waals surface area contributed by atoms with Crippen LogP contribution in [0.3, 0.4) is 0 Å². The molecule has 0 spiro atoms. The van der Waals surface area contributed by atoms with Crippen LogP contribution in [0.2, 0.25) is 0 Å². The van der Waals surface area contributed by atoms with Gasteiger partial charge in [-0.2, -0.15) is 0 Å². The predicted molar refractivity (Wildman–Crippen MR) is 150 cm³/mol. The first-order valence-corrected chi connectivity index (χ1v) is 16.3. The summed E-state index contributed by atoms with van der Waals surface area (Å²) in [7, 11) is 1.37. The van der Waals surface area contributed by atoms with Crippen LogP contribution in [0.25, 0.3) is 0 Å². The molecular formula is C28H58NO8P. The summed E-state index contributed by atoms with van der Waals surface area (Å²) >= 11 is 0. The molecule has 0 bridgehead atoms. The van der Waals surface area contributed by atoms with Crippen LogP contribution in [-0.4, -0.2) is 82.4 Å². The van der Waals surface area contributed by atoms with Crippen molar-refractivity contribution in [3.05, 3.63) is 0 Å². The highest BCUT2D eigenvalue weighted by Crippen LogP contribution is 2.38.